The van der Waals surface area contributed by atoms with Gasteiger partial charge in [0.05, 0.1) is 0 Å². The zero-order valence-corrected chi connectivity index (χ0v) is 10.7. The average molecular weight is 232 g/mol. The average Bonchev–Trinajstić information content (AvgIpc) is 2.35. The molecule has 0 aliphatic carbocycles. The maximum absolute atomic E-state index is 12.1. The predicted molar refractivity (Wildman–Crippen MR) is 68.2 cm³/mol. The first-order valence-electron chi connectivity index (χ1n) is 6.33. The Balaban J connectivity index is 1.99. The van der Waals surface area contributed by atoms with Gasteiger partial charge in [-0.15, -0.1) is 0 Å². The Morgan fingerprint density at radius 3 is 2.59 bits per heavy atom. The summed E-state index contributed by atoms with van der Waals surface area (Å²) in [4.78, 5) is 12.1. The molecule has 0 atom stereocenters. The van der Waals surface area contributed by atoms with Crippen molar-refractivity contribution in [1.29, 1.82) is 0 Å². The van der Waals surface area contributed by atoms with E-state index in [1.165, 1.54) is 11.1 Å². The Labute approximate surface area is 103 Å². The Morgan fingerprint density at radius 1 is 1.24 bits per heavy atom. The van der Waals surface area contributed by atoms with Crippen molar-refractivity contribution in [3.05, 3.63) is 34.9 Å². The standard InChI is InChI=1S/C15H20O2/c1-11-3-4-13(9-12(11)2)10-15(16)14-5-7-17-8-6-14/h3-4,9,14H,5-8,10H2,1-2H3. The Bertz CT molecular complexity index is 403. The first-order chi connectivity index (χ1) is 8.16. The number of hydrogen-bond acceptors (Lipinski definition) is 2. The number of benzene rings is 1. The van der Waals surface area contributed by atoms with Crippen LogP contribution in [0, 0.1) is 19.8 Å². The van der Waals surface area contributed by atoms with Crippen LogP contribution < -0.4 is 0 Å². The van der Waals surface area contributed by atoms with Crippen molar-refractivity contribution >= 4 is 5.78 Å². The maximum Gasteiger partial charge on any atom is 0.140 e. The second-order valence-corrected chi connectivity index (χ2v) is 4.95. The van der Waals surface area contributed by atoms with Crippen molar-refractivity contribution in [3.8, 4) is 0 Å². The molecular formula is C15H20O2. The van der Waals surface area contributed by atoms with Gasteiger partial charge in [-0.3, -0.25) is 4.79 Å². The normalized spacial score (nSPS) is 17.1. The number of carbonyl (C=O) groups excluding carboxylic acids is 1. The van der Waals surface area contributed by atoms with Gasteiger partial charge in [0, 0.05) is 25.6 Å². The summed E-state index contributed by atoms with van der Waals surface area (Å²) in [7, 11) is 0. The van der Waals surface area contributed by atoms with Crippen LogP contribution in [-0.4, -0.2) is 19.0 Å². The number of ketones is 1. The molecule has 0 aromatic heterocycles. The fraction of sp³-hybridized carbons (Fsp3) is 0.533. The number of rotatable bonds is 3. The molecule has 0 amide bonds. The quantitative estimate of drug-likeness (QED) is 0.801. The van der Waals surface area contributed by atoms with Crippen LogP contribution in [0.1, 0.15) is 29.5 Å². The van der Waals surface area contributed by atoms with Crippen LogP contribution in [0.15, 0.2) is 18.2 Å². The highest BCUT2D eigenvalue weighted by atomic mass is 16.5. The van der Waals surface area contributed by atoms with Gasteiger partial charge in [0.25, 0.3) is 0 Å². The van der Waals surface area contributed by atoms with Gasteiger partial charge < -0.3 is 4.74 Å². The van der Waals surface area contributed by atoms with Crippen LogP contribution >= 0.6 is 0 Å². The molecule has 0 unspecified atom stereocenters. The summed E-state index contributed by atoms with van der Waals surface area (Å²) in [5.41, 5.74) is 3.69. The van der Waals surface area contributed by atoms with Gasteiger partial charge in [-0.05, 0) is 43.4 Å². The van der Waals surface area contributed by atoms with Crippen LogP contribution in [-0.2, 0) is 16.0 Å². The Hall–Kier alpha value is -1.15. The van der Waals surface area contributed by atoms with E-state index in [-0.39, 0.29) is 5.92 Å². The van der Waals surface area contributed by atoms with E-state index in [1.54, 1.807) is 0 Å². The van der Waals surface area contributed by atoms with Gasteiger partial charge in [0.15, 0.2) is 0 Å². The second kappa shape index (κ2) is 5.46. The molecule has 1 heterocycles. The van der Waals surface area contributed by atoms with E-state index in [2.05, 4.69) is 32.0 Å². The van der Waals surface area contributed by atoms with Crippen molar-refractivity contribution in [1.82, 2.24) is 0 Å². The molecule has 2 nitrogen and oxygen atoms in total. The van der Waals surface area contributed by atoms with Crippen molar-refractivity contribution in [2.24, 2.45) is 5.92 Å². The van der Waals surface area contributed by atoms with E-state index in [0.29, 0.717) is 12.2 Å². The zero-order chi connectivity index (χ0) is 12.3. The van der Waals surface area contributed by atoms with Crippen molar-refractivity contribution in [3.63, 3.8) is 0 Å². The van der Waals surface area contributed by atoms with E-state index < -0.39 is 0 Å². The fourth-order valence-corrected chi connectivity index (χ4v) is 2.28. The largest absolute Gasteiger partial charge is 0.381 e. The summed E-state index contributed by atoms with van der Waals surface area (Å²) in [6.07, 6.45) is 2.36. The second-order valence-electron chi connectivity index (χ2n) is 4.95. The van der Waals surface area contributed by atoms with E-state index in [0.717, 1.165) is 31.6 Å². The van der Waals surface area contributed by atoms with Crippen molar-refractivity contribution in [2.45, 2.75) is 33.1 Å². The van der Waals surface area contributed by atoms with Crippen LogP contribution in [0.4, 0.5) is 0 Å². The van der Waals surface area contributed by atoms with Crippen LogP contribution in [0.25, 0.3) is 0 Å². The summed E-state index contributed by atoms with van der Waals surface area (Å²) in [6, 6.07) is 6.30. The monoisotopic (exact) mass is 232 g/mol. The third kappa shape index (κ3) is 3.16. The molecule has 1 aromatic rings. The van der Waals surface area contributed by atoms with Crippen LogP contribution in [0.5, 0.6) is 0 Å². The molecule has 2 heteroatoms. The highest BCUT2D eigenvalue weighted by Crippen LogP contribution is 2.19. The molecule has 0 N–H and O–H groups in total. The van der Waals surface area contributed by atoms with Crippen LogP contribution in [0.3, 0.4) is 0 Å². The van der Waals surface area contributed by atoms with Crippen molar-refractivity contribution < 1.29 is 9.53 Å². The lowest BCUT2D eigenvalue weighted by molar-refractivity contribution is -0.125. The van der Waals surface area contributed by atoms with Gasteiger partial charge in [-0.1, -0.05) is 18.2 Å². The lowest BCUT2D eigenvalue weighted by Gasteiger charge is -2.20. The summed E-state index contributed by atoms with van der Waals surface area (Å²) >= 11 is 0. The fourth-order valence-electron chi connectivity index (χ4n) is 2.28. The molecule has 1 aliphatic rings. The van der Waals surface area contributed by atoms with Crippen molar-refractivity contribution in [2.75, 3.05) is 13.2 Å². The molecule has 0 radical (unpaired) electrons. The van der Waals surface area contributed by atoms with E-state index >= 15 is 0 Å². The summed E-state index contributed by atoms with van der Waals surface area (Å²) in [5, 5.41) is 0. The van der Waals surface area contributed by atoms with Gasteiger partial charge in [-0.2, -0.15) is 0 Å². The Morgan fingerprint density at radius 2 is 1.94 bits per heavy atom. The highest BCUT2D eigenvalue weighted by molar-refractivity contribution is 5.83. The molecule has 92 valence electrons. The first kappa shape index (κ1) is 12.3. The van der Waals surface area contributed by atoms with E-state index in [4.69, 9.17) is 4.74 Å². The van der Waals surface area contributed by atoms with Gasteiger partial charge in [0.2, 0.25) is 0 Å². The molecular weight excluding hydrogens is 212 g/mol. The topological polar surface area (TPSA) is 26.3 Å². The molecule has 0 spiro atoms. The zero-order valence-electron chi connectivity index (χ0n) is 10.7. The first-order valence-corrected chi connectivity index (χ1v) is 6.33. The third-order valence-corrected chi connectivity index (χ3v) is 3.63. The molecule has 17 heavy (non-hydrogen) atoms. The Kier molecular flexibility index (Phi) is 3.95. The molecule has 1 aromatic carbocycles. The number of ether oxygens (including phenoxy) is 1. The lowest BCUT2D eigenvalue weighted by Crippen LogP contribution is -2.24. The minimum Gasteiger partial charge on any atom is -0.381 e. The van der Waals surface area contributed by atoms with Gasteiger partial charge in [0.1, 0.15) is 5.78 Å². The van der Waals surface area contributed by atoms with E-state index in [9.17, 15) is 4.79 Å². The summed E-state index contributed by atoms with van der Waals surface area (Å²) < 4.78 is 5.28. The van der Waals surface area contributed by atoms with E-state index in [1.807, 2.05) is 0 Å². The lowest BCUT2D eigenvalue weighted by atomic mass is 9.91. The SMILES string of the molecule is Cc1ccc(CC(=O)C2CCOCC2)cc1C. The van der Waals surface area contributed by atoms with Crippen LogP contribution in [0.2, 0.25) is 0 Å². The highest BCUT2D eigenvalue weighted by Gasteiger charge is 2.21. The third-order valence-electron chi connectivity index (χ3n) is 3.63. The molecule has 1 aliphatic heterocycles. The summed E-state index contributed by atoms with van der Waals surface area (Å²) in [5.74, 6) is 0.585. The number of aryl methyl sites for hydroxylation is 2. The number of hydrogen-bond donors (Lipinski definition) is 0. The number of carbonyl (C=O) groups is 1. The minimum absolute atomic E-state index is 0.213. The van der Waals surface area contributed by atoms with Gasteiger partial charge in [-0.25, -0.2) is 0 Å². The smallest absolute Gasteiger partial charge is 0.140 e. The molecule has 1 fully saturated rings. The molecule has 1 saturated heterocycles. The minimum atomic E-state index is 0.213. The summed E-state index contributed by atoms with van der Waals surface area (Å²) in [6.45, 7) is 5.67. The molecule has 0 saturated carbocycles. The molecule has 0 bridgehead atoms. The number of Topliss-reactive ketones (excluding diaryl/α,β-unsaturated/α-hetero) is 1. The predicted octanol–water partition coefficient (Wildman–Crippen LogP) is 2.84. The molecule has 2 rings (SSSR count). The maximum atomic E-state index is 12.1. The van der Waals surface area contributed by atoms with Gasteiger partial charge >= 0.3 is 0 Å².